The summed E-state index contributed by atoms with van der Waals surface area (Å²) in [6.07, 6.45) is 11.2. The molecule has 4 rings (SSSR count). The maximum atomic E-state index is 6.90. The highest BCUT2D eigenvalue weighted by Gasteiger charge is 2.45. The van der Waals surface area contributed by atoms with Gasteiger partial charge in [-0.1, -0.05) is 111 Å². The van der Waals surface area contributed by atoms with Crippen molar-refractivity contribution >= 4 is 0 Å². The molecule has 2 nitrogen and oxygen atoms in total. The molecule has 1 aliphatic heterocycles. The maximum absolute atomic E-state index is 6.90. The molecule has 0 saturated heterocycles. The molecule has 0 aromatic heterocycles. The van der Waals surface area contributed by atoms with Gasteiger partial charge in [0.05, 0.1) is 0 Å². The molecule has 1 aliphatic rings. The Balaban J connectivity index is 1.55. The van der Waals surface area contributed by atoms with Crippen LogP contribution in [-0.4, -0.2) is 6.29 Å². The van der Waals surface area contributed by atoms with Crippen molar-refractivity contribution in [1.82, 2.24) is 0 Å². The van der Waals surface area contributed by atoms with E-state index >= 15 is 0 Å². The van der Waals surface area contributed by atoms with Crippen molar-refractivity contribution in [3.63, 3.8) is 0 Å². The van der Waals surface area contributed by atoms with Gasteiger partial charge in [-0.3, -0.25) is 0 Å². The number of hydrogen-bond acceptors (Lipinski definition) is 2. The van der Waals surface area contributed by atoms with Crippen LogP contribution >= 0.6 is 0 Å². The van der Waals surface area contributed by atoms with E-state index < -0.39 is 5.60 Å². The molecule has 1 atom stereocenters. The zero-order valence-corrected chi connectivity index (χ0v) is 18.9. The number of allylic oxidation sites excluding steroid dienone is 1. The minimum absolute atomic E-state index is 0.272. The number of benzene rings is 3. The van der Waals surface area contributed by atoms with E-state index in [0.29, 0.717) is 0 Å². The van der Waals surface area contributed by atoms with Crippen molar-refractivity contribution in [2.45, 2.75) is 63.3 Å². The number of hydrogen-bond donors (Lipinski definition) is 0. The third-order valence-electron chi connectivity index (χ3n) is 6.29. The average molecular weight is 427 g/mol. The number of ether oxygens (including phenoxy) is 2. The molecular weight excluding hydrogens is 392 g/mol. The van der Waals surface area contributed by atoms with E-state index in [2.05, 4.69) is 85.4 Å². The Kier molecular flexibility index (Phi) is 7.79. The number of para-hydroxylation sites is 1. The first-order valence-corrected chi connectivity index (χ1v) is 12.0. The fourth-order valence-electron chi connectivity index (χ4n) is 4.67. The van der Waals surface area contributed by atoms with Crippen LogP contribution in [-0.2, 0) is 10.3 Å². The van der Waals surface area contributed by atoms with Crippen molar-refractivity contribution in [2.24, 2.45) is 0 Å². The predicted octanol–water partition coefficient (Wildman–Crippen LogP) is 8.02. The smallest absolute Gasteiger partial charge is 0.201 e. The Morgan fingerprint density at radius 3 is 1.91 bits per heavy atom. The molecular formula is C30H34O2. The predicted molar refractivity (Wildman–Crippen MR) is 132 cm³/mol. The number of fused-ring (bicyclic) bond motifs is 1. The quantitative estimate of drug-likeness (QED) is 0.228. The van der Waals surface area contributed by atoms with Crippen LogP contribution in [0.25, 0.3) is 0 Å². The zero-order chi connectivity index (χ0) is 22.1. The molecule has 3 aromatic rings. The molecule has 1 heterocycles. The van der Waals surface area contributed by atoms with Gasteiger partial charge in [0.1, 0.15) is 5.75 Å². The summed E-state index contributed by atoms with van der Waals surface area (Å²) in [7, 11) is 0. The summed E-state index contributed by atoms with van der Waals surface area (Å²) in [6, 6.07) is 29.4. The van der Waals surface area contributed by atoms with Crippen LogP contribution in [0.1, 0.15) is 68.1 Å². The van der Waals surface area contributed by atoms with Gasteiger partial charge < -0.3 is 9.47 Å². The summed E-state index contributed by atoms with van der Waals surface area (Å²) in [4.78, 5) is 0. The second-order valence-electron chi connectivity index (χ2n) is 8.56. The van der Waals surface area contributed by atoms with Crippen molar-refractivity contribution in [3.05, 3.63) is 114 Å². The summed E-state index contributed by atoms with van der Waals surface area (Å²) in [5.41, 5.74) is 2.66. The molecule has 2 heteroatoms. The Labute approximate surface area is 192 Å². The van der Waals surface area contributed by atoms with Crippen LogP contribution in [0.3, 0.4) is 0 Å². The summed E-state index contributed by atoms with van der Waals surface area (Å²) in [5.74, 6) is 0.917. The lowest BCUT2D eigenvalue weighted by Gasteiger charge is -2.43. The van der Waals surface area contributed by atoms with Crippen LogP contribution < -0.4 is 4.74 Å². The van der Waals surface area contributed by atoms with Crippen LogP contribution in [0, 0.1) is 0 Å². The highest BCUT2D eigenvalue weighted by Crippen LogP contribution is 2.48. The van der Waals surface area contributed by atoms with Gasteiger partial charge in [0, 0.05) is 12.0 Å². The van der Waals surface area contributed by atoms with Gasteiger partial charge in [0.15, 0.2) is 5.60 Å². The average Bonchev–Trinajstić information content (AvgIpc) is 2.86. The molecule has 166 valence electrons. The normalized spacial score (nSPS) is 16.7. The van der Waals surface area contributed by atoms with Crippen molar-refractivity contribution in [2.75, 3.05) is 0 Å². The largest absolute Gasteiger partial charge is 0.464 e. The molecule has 3 aromatic carbocycles. The Morgan fingerprint density at radius 2 is 1.25 bits per heavy atom. The summed E-state index contributed by atoms with van der Waals surface area (Å²) >= 11 is 0. The minimum atomic E-state index is -0.674. The standard InChI is InChI=1S/C30H34O2/c1-2-3-4-5-6-7-8-15-24-29-31-28-23-17-16-22-27(28)30(32-29,25-18-11-9-12-19-25)26-20-13-10-14-21-26/h2,9-14,16-23,29H,1,3-8,15,24H2. The van der Waals surface area contributed by atoms with E-state index in [9.17, 15) is 0 Å². The van der Waals surface area contributed by atoms with E-state index in [4.69, 9.17) is 9.47 Å². The minimum Gasteiger partial charge on any atom is -0.464 e. The lowest BCUT2D eigenvalue weighted by molar-refractivity contribution is -0.166. The Hall–Kier alpha value is -2.84. The van der Waals surface area contributed by atoms with Gasteiger partial charge >= 0.3 is 0 Å². The first-order chi connectivity index (χ1) is 15.8. The van der Waals surface area contributed by atoms with E-state index in [1.807, 2.05) is 12.1 Å². The molecule has 0 fully saturated rings. The van der Waals surface area contributed by atoms with Gasteiger partial charge in [-0.2, -0.15) is 0 Å². The summed E-state index contributed by atoms with van der Waals surface area (Å²) < 4.78 is 13.3. The van der Waals surface area contributed by atoms with Crippen molar-refractivity contribution in [1.29, 1.82) is 0 Å². The molecule has 0 N–H and O–H groups in total. The van der Waals surface area contributed by atoms with Gasteiger partial charge in [0.2, 0.25) is 6.29 Å². The second kappa shape index (κ2) is 11.2. The molecule has 0 spiro atoms. The first kappa shape index (κ1) is 22.4. The lowest BCUT2D eigenvalue weighted by atomic mass is 9.79. The van der Waals surface area contributed by atoms with Crippen LogP contribution in [0.15, 0.2) is 97.6 Å². The van der Waals surface area contributed by atoms with Gasteiger partial charge in [-0.15, -0.1) is 6.58 Å². The maximum Gasteiger partial charge on any atom is 0.201 e. The lowest BCUT2D eigenvalue weighted by Crippen LogP contribution is -2.43. The van der Waals surface area contributed by atoms with Crippen molar-refractivity contribution in [3.8, 4) is 5.75 Å². The van der Waals surface area contributed by atoms with E-state index in [1.165, 1.54) is 32.1 Å². The second-order valence-corrected chi connectivity index (χ2v) is 8.56. The molecule has 0 saturated carbocycles. The number of unbranched alkanes of at least 4 members (excludes halogenated alkanes) is 6. The Morgan fingerprint density at radius 1 is 0.688 bits per heavy atom. The van der Waals surface area contributed by atoms with Crippen LogP contribution in [0.5, 0.6) is 5.75 Å². The monoisotopic (exact) mass is 426 g/mol. The van der Waals surface area contributed by atoms with Gasteiger partial charge in [0.25, 0.3) is 0 Å². The summed E-state index contributed by atoms with van der Waals surface area (Å²) in [5, 5.41) is 0. The topological polar surface area (TPSA) is 18.5 Å². The molecule has 1 unspecified atom stereocenters. The van der Waals surface area contributed by atoms with Crippen LogP contribution in [0.4, 0.5) is 0 Å². The SMILES string of the molecule is C=CCCCCCCCCC1Oc2ccccc2C(c2ccccc2)(c2ccccc2)O1. The van der Waals surface area contributed by atoms with Gasteiger partial charge in [-0.05, 0) is 36.5 Å². The molecule has 0 amide bonds. The highest BCUT2D eigenvalue weighted by molar-refractivity contribution is 5.53. The fraction of sp³-hybridized carbons (Fsp3) is 0.333. The molecule has 32 heavy (non-hydrogen) atoms. The molecule has 0 aliphatic carbocycles. The summed E-state index contributed by atoms with van der Waals surface area (Å²) in [6.45, 7) is 3.80. The van der Waals surface area contributed by atoms with Crippen molar-refractivity contribution < 1.29 is 9.47 Å². The fourth-order valence-corrected chi connectivity index (χ4v) is 4.67. The molecule has 0 bridgehead atoms. The third kappa shape index (κ3) is 4.97. The zero-order valence-electron chi connectivity index (χ0n) is 18.9. The third-order valence-corrected chi connectivity index (χ3v) is 6.29. The van der Waals surface area contributed by atoms with E-state index in [1.54, 1.807) is 0 Å². The Bertz CT molecular complexity index is 925. The first-order valence-electron chi connectivity index (χ1n) is 12.0. The van der Waals surface area contributed by atoms with Crippen LogP contribution in [0.2, 0.25) is 0 Å². The number of rotatable bonds is 11. The molecule has 0 radical (unpaired) electrons. The highest BCUT2D eigenvalue weighted by atomic mass is 16.7. The van der Waals surface area contributed by atoms with E-state index in [-0.39, 0.29) is 6.29 Å². The van der Waals surface area contributed by atoms with E-state index in [0.717, 1.165) is 41.7 Å². The van der Waals surface area contributed by atoms with Gasteiger partial charge in [-0.25, -0.2) is 0 Å².